The Morgan fingerprint density at radius 2 is 2.11 bits per heavy atom. The molecule has 0 radical (unpaired) electrons. The van der Waals surface area contributed by atoms with E-state index in [1.807, 2.05) is 12.1 Å². The number of benzene rings is 1. The lowest BCUT2D eigenvalue weighted by molar-refractivity contribution is -0.114. The first kappa shape index (κ1) is 14.0. The minimum absolute atomic E-state index is 0.0313. The zero-order valence-corrected chi connectivity index (χ0v) is 11.8. The summed E-state index contributed by atoms with van der Waals surface area (Å²) >= 11 is 0. The first-order valence-corrected chi connectivity index (χ1v) is 6.89. The van der Waals surface area contributed by atoms with Crippen LogP contribution in [-0.4, -0.2) is 37.5 Å². The SMILES string of the molecule is CC(=O)Nc1ccc(CNCC2CCN(C)C2)cc1. The van der Waals surface area contributed by atoms with Crippen LogP contribution in [0.3, 0.4) is 0 Å². The van der Waals surface area contributed by atoms with E-state index in [4.69, 9.17) is 0 Å². The Hall–Kier alpha value is -1.39. The molecule has 1 saturated heterocycles. The van der Waals surface area contributed by atoms with E-state index in [9.17, 15) is 4.79 Å². The molecule has 1 amide bonds. The Labute approximate surface area is 115 Å². The summed E-state index contributed by atoms with van der Waals surface area (Å²) in [4.78, 5) is 13.3. The van der Waals surface area contributed by atoms with Gasteiger partial charge >= 0.3 is 0 Å². The van der Waals surface area contributed by atoms with Crippen molar-refractivity contribution >= 4 is 11.6 Å². The van der Waals surface area contributed by atoms with Gasteiger partial charge in [-0.15, -0.1) is 0 Å². The Bertz CT molecular complexity index is 416. The van der Waals surface area contributed by atoms with Crippen LogP contribution in [0.2, 0.25) is 0 Å². The Kier molecular flexibility index (Phi) is 4.93. The second-order valence-electron chi connectivity index (χ2n) is 5.43. The molecule has 2 rings (SSSR count). The van der Waals surface area contributed by atoms with Crippen molar-refractivity contribution in [2.75, 3.05) is 32.0 Å². The highest BCUT2D eigenvalue weighted by atomic mass is 16.1. The molecule has 1 fully saturated rings. The summed E-state index contributed by atoms with van der Waals surface area (Å²) in [7, 11) is 2.18. The summed E-state index contributed by atoms with van der Waals surface area (Å²) < 4.78 is 0. The van der Waals surface area contributed by atoms with Gasteiger partial charge in [-0.25, -0.2) is 0 Å². The molecular weight excluding hydrogens is 238 g/mol. The predicted octanol–water partition coefficient (Wildman–Crippen LogP) is 1.69. The molecule has 1 unspecified atom stereocenters. The number of nitrogens with zero attached hydrogens (tertiary/aromatic N) is 1. The summed E-state index contributed by atoms with van der Waals surface area (Å²) in [6, 6.07) is 8.00. The third-order valence-electron chi connectivity index (χ3n) is 3.53. The average molecular weight is 261 g/mol. The fraction of sp³-hybridized carbons (Fsp3) is 0.533. The van der Waals surface area contributed by atoms with Crippen molar-refractivity contribution in [3.63, 3.8) is 0 Å². The van der Waals surface area contributed by atoms with Crippen molar-refractivity contribution in [1.82, 2.24) is 10.2 Å². The number of anilines is 1. The number of amides is 1. The maximum atomic E-state index is 10.9. The highest BCUT2D eigenvalue weighted by Crippen LogP contribution is 2.13. The van der Waals surface area contributed by atoms with Gasteiger partial charge in [-0.3, -0.25) is 4.79 Å². The van der Waals surface area contributed by atoms with E-state index < -0.39 is 0 Å². The molecule has 1 aromatic carbocycles. The number of rotatable bonds is 5. The quantitative estimate of drug-likeness (QED) is 0.847. The molecule has 0 bridgehead atoms. The highest BCUT2D eigenvalue weighted by Gasteiger charge is 2.18. The zero-order chi connectivity index (χ0) is 13.7. The third kappa shape index (κ3) is 4.65. The zero-order valence-electron chi connectivity index (χ0n) is 11.8. The maximum Gasteiger partial charge on any atom is 0.221 e. The molecule has 0 aromatic heterocycles. The van der Waals surface area contributed by atoms with Gasteiger partial charge in [0.05, 0.1) is 0 Å². The summed E-state index contributed by atoms with van der Waals surface area (Å²) in [6.45, 7) is 5.92. The molecule has 0 aliphatic carbocycles. The van der Waals surface area contributed by atoms with Gasteiger partial charge in [-0.1, -0.05) is 12.1 Å². The third-order valence-corrected chi connectivity index (χ3v) is 3.53. The molecule has 0 saturated carbocycles. The van der Waals surface area contributed by atoms with Crippen LogP contribution in [-0.2, 0) is 11.3 Å². The fourth-order valence-corrected chi connectivity index (χ4v) is 2.52. The monoisotopic (exact) mass is 261 g/mol. The van der Waals surface area contributed by atoms with Gasteiger partial charge in [0, 0.05) is 25.7 Å². The van der Waals surface area contributed by atoms with Crippen LogP contribution in [0, 0.1) is 5.92 Å². The normalized spacial score (nSPS) is 19.6. The average Bonchev–Trinajstić information content (AvgIpc) is 2.77. The van der Waals surface area contributed by atoms with Crippen molar-refractivity contribution in [3.8, 4) is 0 Å². The van der Waals surface area contributed by atoms with E-state index in [0.717, 1.165) is 24.7 Å². The van der Waals surface area contributed by atoms with Gasteiger partial charge in [0.1, 0.15) is 0 Å². The molecule has 4 nitrogen and oxygen atoms in total. The topological polar surface area (TPSA) is 44.4 Å². The number of hydrogen-bond acceptors (Lipinski definition) is 3. The van der Waals surface area contributed by atoms with Gasteiger partial charge in [0.2, 0.25) is 5.91 Å². The Balaban J connectivity index is 1.72. The van der Waals surface area contributed by atoms with Crippen LogP contribution in [0.5, 0.6) is 0 Å². The highest BCUT2D eigenvalue weighted by molar-refractivity contribution is 5.88. The summed E-state index contributed by atoms with van der Waals surface area (Å²) in [5, 5.41) is 6.28. The minimum atomic E-state index is -0.0313. The van der Waals surface area contributed by atoms with E-state index in [2.05, 4.69) is 34.7 Å². The van der Waals surface area contributed by atoms with Gasteiger partial charge in [0.15, 0.2) is 0 Å². The van der Waals surface area contributed by atoms with Crippen LogP contribution >= 0.6 is 0 Å². The molecule has 1 atom stereocenters. The second kappa shape index (κ2) is 6.68. The molecule has 4 heteroatoms. The van der Waals surface area contributed by atoms with Crippen molar-refractivity contribution in [2.24, 2.45) is 5.92 Å². The lowest BCUT2D eigenvalue weighted by atomic mass is 10.1. The van der Waals surface area contributed by atoms with Crippen LogP contribution < -0.4 is 10.6 Å². The number of carbonyl (C=O) groups is 1. The number of likely N-dealkylation sites (tertiary alicyclic amines) is 1. The van der Waals surface area contributed by atoms with E-state index in [1.54, 1.807) is 0 Å². The molecule has 2 N–H and O–H groups in total. The van der Waals surface area contributed by atoms with Crippen LogP contribution in [0.25, 0.3) is 0 Å². The summed E-state index contributed by atoms with van der Waals surface area (Å²) in [6.07, 6.45) is 1.30. The summed E-state index contributed by atoms with van der Waals surface area (Å²) in [5.74, 6) is 0.750. The van der Waals surface area contributed by atoms with E-state index in [1.165, 1.54) is 32.0 Å². The lowest BCUT2D eigenvalue weighted by Crippen LogP contribution is -2.24. The first-order chi connectivity index (χ1) is 9.13. The molecule has 0 spiro atoms. The summed E-state index contributed by atoms with van der Waals surface area (Å²) in [5.41, 5.74) is 2.11. The van der Waals surface area contributed by atoms with Gasteiger partial charge < -0.3 is 15.5 Å². The molecule has 1 aliphatic heterocycles. The van der Waals surface area contributed by atoms with Gasteiger partial charge in [0.25, 0.3) is 0 Å². The number of nitrogens with one attached hydrogen (secondary N) is 2. The van der Waals surface area contributed by atoms with Crippen LogP contribution in [0.4, 0.5) is 5.69 Å². The van der Waals surface area contributed by atoms with Crippen molar-refractivity contribution < 1.29 is 4.79 Å². The molecule has 1 heterocycles. The van der Waals surface area contributed by atoms with Crippen LogP contribution in [0.1, 0.15) is 18.9 Å². The maximum absolute atomic E-state index is 10.9. The molecule has 19 heavy (non-hydrogen) atoms. The Morgan fingerprint density at radius 3 is 2.68 bits per heavy atom. The smallest absolute Gasteiger partial charge is 0.221 e. The van der Waals surface area contributed by atoms with E-state index >= 15 is 0 Å². The van der Waals surface area contributed by atoms with Crippen LogP contribution in [0.15, 0.2) is 24.3 Å². The minimum Gasteiger partial charge on any atom is -0.326 e. The van der Waals surface area contributed by atoms with E-state index in [-0.39, 0.29) is 5.91 Å². The molecule has 1 aromatic rings. The molecular formula is C15H23N3O. The Morgan fingerprint density at radius 1 is 1.37 bits per heavy atom. The fourth-order valence-electron chi connectivity index (χ4n) is 2.52. The van der Waals surface area contributed by atoms with Gasteiger partial charge in [-0.2, -0.15) is 0 Å². The van der Waals surface area contributed by atoms with Crippen molar-refractivity contribution in [2.45, 2.75) is 19.9 Å². The lowest BCUT2D eigenvalue weighted by Gasteiger charge is -2.12. The molecule has 1 aliphatic rings. The standard InChI is InChI=1S/C15H23N3O/c1-12(19)17-15-5-3-13(4-6-15)9-16-10-14-7-8-18(2)11-14/h3-6,14,16H,7-11H2,1-2H3,(H,17,19). The van der Waals surface area contributed by atoms with Crippen molar-refractivity contribution in [3.05, 3.63) is 29.8 Å². The molecule has 104 valence electrons. The predicted molar refractivity (Wildman–Crippen MR) is 78.1 cm³/mol. The number of carbonyl (C=O) groups excluding carboxylic acids is 1. The van der Waals surface area contributed by atoms with Gasteiger partial charge in [-0.05, 0) is 50.2 Å². The number of hydrogen-bond donors (Lipinski definition) is 2. The second-order valence-corrected chi connectivity index (χ2v) is 5.43. The first-order valence-electron chi connectivity index (χ1n) is 6.89. The van der Waals surface area contributed by atoms with E-state index in [0.29, 0.717) is 0 Å². The van der Waals surface area contributed by atoms with Crippen molar-refractivity contribution in [1.29, 1.82) is 0 Å². The largest absolute Gasteiger partial charge is 0.326 e.